The van der Waals surface area contributed by atoms with E-state index in [1.165, 1.54) is 97.2 Å². The van der Waals surface area contributed by atoms with Crippen molar-refractivity contribution < 1.29 is 88.3 Å². The molecule has 12 aliphatic heterocycles. The van der Waals surface area contributed by atoms with Crippen molar-refractivity contribution in [3.63, 3.8) is 0 Å². The van der Waals surface area contributed by atoms with Gasteiger partial charge in [0.1, 0.15) is 17.3 Å². The summed E-state index contributed by atoms with van der Waals surface area (Å²) in [5.41, 5.74) is 26.3. The van der Waals surface area contributed by atoms with E-state index in [9.17, 15) is 55.1 Å². The molecule has 12 aromatic rings. The molecule has 748 valence electrons. The van der Waals surface area contributed by atoms with Crippen LogP contribution in [0.5, 0.6) is 5.88 Å². The van der Waals surface area contributed by atoms with Crippen molar-refractivity contribution in [2.24, 2.45) is 16.5 Å². The van der Waals surface area contributed by atoms with Gasteiger partial charge in [0.05, 0.1) is 108 Å². The second-order valence-corrected chi connectivity index (χ2v) is 38.4. The minimum Gasteiger partial charge on any atom is -0.481 e. The van der Waals surface area contributed by atoms with Crippen LogP contribution < -0.4 is 16.2 Å². The molecule has 4 N–H and O–H groups in total. The zero-order valence-electron chi connectivity index (χ0n) is 80.4. The predicted octanol–water partition coefficient (Wildman–Crippen LogP) is 18.6. The second kappa shape index (κ2) is 42.5. The van der Waals surface area contributed by atoms with E-state index in [0.717, 1.165) is 94.4 Å². The molecule has 24 rings (SSSR count). The highest BCUT2D eigenvalue weighted by molar-refractivity contribution is 5.97. The van der Waals surface area contributed by atoms with Gasteiger partial charge in [-0.1, -0.05) is 164 Å². The average Bonchev–Trinajstić information content (AvgIpc) is 1.66. The minimum absolute atomic E-state index is 0.00208. The summed E-state index contributed by atoms with van der Waals surface area (Å²) in [6.45, 7) is 11.3. The highest BCUT2D eigenvalue weighted by Crippen LogP contribution is 2.51. The number of alkyl halides is 3. The van der Waals surface area contributed by atoms with Crippen LogP contribution in [-0.4, -0.2) is 171 Å². The molecule has 0 radical (unpaired) electrons. The molecule has 6 saturated heterocycles. The highest BCUT2D eigenvalue weighted by atomic mass is 19.4. The van der Waals surface area contributed by atoms with Gasteiger partial charge in [-0.3, -0.25) is 33.8 Å². The average molecular weight is 1970 g/mol. The lowest BCUT2D eigenvalue weighted by molar-refractivity contribution is -0.141. The number of rotatable bonds is 8. The normalized spacial score (nSPS) is 18.6. The summed E-state index contributed by atoms with van der Waals surface area (Å²) in [5, 5.41) is 0. The lowest BCUT2D eigenvalue weighted by Gasteiger charge is -2.39. The van der Waals surface area contributed by atoms with Crippen LogP contribution in [0.1, 0.15) is 212 Å². The first-order chi connectivity index (χ1) is 70.2. The van der Waals surface area contributed by atoms with Gasteiger partial charge in [0, 0.05) is 120 Å². The number of halogens is 6. The van der Waals surface area contributed by atoms with Crippen LogP contribution in [0.25, 0.3) is 0 Å². The number of hydrogen-bond acceptors (Lipinski definition) is 17. The molecule has 6 amide bonds. The molecule has 15 heterocycles. The molecule has 3 aromatic heterocycles. The monoisotopic (exact) mass is 1970 g/mol. The van der Waals surface area contributed by atoms with Crippen LogP contribution in [-0.2, 0) is 108 Å². The molecule has 6 spiro atoms. The van der Waals surface area contributed by atoms with E-state index in [2.05, 4.69) is 123 Å². The molecule has 9 aromatic carbocycles. The standard InChI is InChI=1S/C20H22N4O2.C19H17F3N2O2.C19H17F2NO2.C19H20N2O3.C19H19NO2.C18H17FN2O2/c21-19(22)23-16-7-5-14(6-8-16)18(25)24-11-9-20(10-12-24)17-4-2-1-3-15(17)13-26-20;20-19(21,22)16-6-5-13(11-23-16)17(25)24-9-7-18(8-10-24)15-4-2-1-3-14(15)12-26-18;20-14-5-6-15(17(21)11-14)18(23)22-9-7-19(8-10-22)16-4-2-1-3-13(16)12-24-19;1-23-17-7-6-14(12-20-17)18(22)21-10-8-19(9-11-21)16-5-3-2-4-15(16)13-24-19;21-18(15-6-2-1-3-7-15)20-12-10-19(11-13-20)17-9-5-4-8-16(17)14-22-19;19-16-6-5-13(11-20-16)17(22)21-9-7-18(8-10-21)15-4-2-1-3-14(15)12-23-18/h1-8H,9-13H2,(H4,21,22,23);1-6,11H,7-10,12H2;1-6,11H,7-10,12H2;2-7,12H,8-11,13H2,1H3;1-9H,10-14H2;1-6,11H,7-10,12H2. The van der Waals surface area contributed by atoms with Crippen molar-refractivity contribution in [2.45, 2.75) is 156 Å². The Morgan fingerprint density at radius 1 is 0.317 bits per heavy atom. The summed E-state index contributed by atoms with van der Waals surface area (Å²) in [6.07, 6.45) is 8.69. The lowest BCUT2D eigenvalue weighted by atomic mass is 9.83. The van der Waals surface area contributed by atoms with Crippen LogP contribution in [0.2, 0.25) is 0 Å². The first kappa shape index (κ1) is 99.4. The summed E-state index contributed by atoms with van der Waals surface area (Å²) in [7, 11) is 1.56. The quantitative estimate of drug-likeness (QED) is 0.0618. The fourth-order valence-corrected chi connectivity index (χ4v) is 22.2. The van der Waals surface area contributed by atoms with Crippen molar-refractivity contribution in [1.82, 2.24) is 44.4 Å². The summed E-state index contributed by atoms with van der Waals surface area (Å²) in [6, 6.07) is 77.6. The Morgan fingerprint density at radius 3 is 0.869 bits per heavy atom. The number of carbonyl (C=O) groups excluding carboxylic acids is 6. The third-order valence-electron chi connectivity index (χ3n) is 30.2. The van der Waals surface area contributed by atoms with Crippen LogP contribution in [0, 0.1) is 17.6 Å². The number of amides is 6. The smallest absolute Gasteiger partial charge is 0.433 e. The third-order valence-corrected chi connectivity index (χ3v) is 30.2. The van der Waals surface area contributed by atoms with E-state index in [4.69, 9.17) is 44.6 Å². The molecule has 0 saturated carbocycles. The maximum absolute atomic E-state index is 13.8. The van der Waals surface area contributed by atoms with Crippen LogP contribution in [0.15, 0.2) is 278 Å². The number of nitrogens with two attached hydrogens (primary N) is 2. The topological polar surface area (TPSA) is 290 Å². The summed E-state index contributed by atoms with van der Waals surface area (Å²) >= 11 is 0. The SMILES string of the molecule is COc1ccc(C(=O)N2CCC3(CC2)OCc2ccccc23)cn1.NC(N)=Nc1ccc(C(=O)N2CCC3(CC2)OCc2ccccc23)cc1.O=C(c1ccc(C(F)(F)F)nc1)N1CCC2(CC1)OCc1ccccc12.O=C(c1ccc(F)cc1F)N1CCC2(CC1)OCc1ccccc12.O=C(c1ccc(F)nc1)N1CCC2(CC1)OCc1ccccc12.O=C(c1ccccc1)N1CCC2(CC1)OCc1ccccc12. The highest BCUT2D eigenvalue weighted by Gasteiger charge is 2.50. The molecule has 25 nitrogen and oxygen atoms in total. The van der Waals surface area contributed by atoms with Crippen molar-refractivity contribution in [3.8, 4) is 5.88 Å². The van der Waals surface area contributed by atoms with Crippen LogP contribution >= 0.6 is 0 Å². The number of carbonyl (C=O) groups is 6. The van der Waals surface area contributed by atoms with Gasteiger partial charge in [-0.05, 0) is 223 Å². The number of benzene rings is 9. The zero-order valence-corrected chi connectivity index (χ0v) is 80.4. The minimum atomic E-state index is -4.51. The predicted molar refractivity (Wildman–Crippen MR) is 527 cm³/mol. The number of pyridine rings is 3. The first-order valence-electron chi connectivity index (χ1n) is 49.2. The zero-order chi connectivity index (χ0) is 101. The van der Waals surface area contributed by atoms with Crippen molar-refractivity contribution in [2.75, 3.05) is 85.6 Å². The Hall–Kier alpha value is -14.3. The van der Waals surface area contributed by atoms with E-state index in [-0.39, 0.29) is 80.2 Å². The molecule has 0 unspecified atom stereocenters. The number of aromatic nitrogens is 3. The van der Waals surface area contributed by atoms with E-state index in [0.29, 0.717) is 159 Å². The number of fused-ring (bicyclic) bond motifs is 12. The number of ether oxygens (including phenoxy) is 7. The van der Waals surface area contributed by atoms with Gasteiger partial charge in [-0.2, -0.15) is 17.6 Å². The number of aliphatic imine (C=N–C) groups is 1. The number of methoxy groups -OCH3 is 1. The molecular weight excluding hydrogens is 1860 g/mol. The molecule has 145 heavy (non-hydrogen) atoms. The first-order valence-corrected chi connectivity index (χ1v) is 49.2. The van der Waals surface area contributed by atoms with Gasteiger partial charge < -0.3 is 74.0 Å². The van der Waals surface area contributed by atoms with Gasteiger partial charge >= 0.3 is 6.18 Å². The number of likely N-dealkylation sites (tertiary alicyclic amines) is 6. The van der Waals surface area contributed by atoms with Gasteiger partial charge in [0.25, 0.3) is 35.4 Å². The second-order valence-electron chi connectivity index (χ2n) is 38.4. The molecule has 12 aliphatic rings. The largest absolute Gasteiger partial charge is 0.481 e. The molecule has 6 fully saturated rings. The van der Waals surface area contributed by atoms with E-state index < -0.39 is 35.4 Å². The van der Waals surface area contributed by atoms with Gasteiger partial charge in [0.15, 0.2) is 5.96 Å². The van der Waals surface area contributed by atoms with E-state index >= 15 is 0 Å². The third kappa shape index (κ3) is 21.1. The number of guanidine groups is 1. The summed E-state index contributed by atoms with van der Waals surface area (Å²) in [5.74, 6) is -2.17. The van der Waals surface area contributed by atoms with Crippen molar-refractivity contribution in [1.29, 1.82) is 0 Å². The van der Waals surface area contributed by atoms with Gasteiger partial charge in [-0.15, -0.1) is 0 Å². The lowest BCUT2D eigenvalue weighted by Crippen LogP contribution is -2.45. The van der Waals surface area contributed by atoms with Gasteiger partial charge in [0.2, 0.25) is 11.8 Å². The fourth-order valence-electron chi connectivity index (χ4n) is 22.2. The Morgan fingerprint density at radius 2 is 0.593 bits per heavy atom. The molecule has 0 aliphatic carbocycles. The molecule has 0 bridgehead atoms. The van der Waals surface area contributed by atoms with Gasteiger partial charge in [-0.25, -0.2) is 23.7 Å². The Labute approximate surface area is 836 Å². The Bertz CT molecular complexity index is 6730. The molecular formula is C114H112F6N12O13. The van der Waals surface area contributed by atoms with E-state index in [1.807, 2.05) is 87.5 Å². The molecule has 0 atom stereocenters. The molecule has 31 heteroatoms. The number of nitrogens with zero attached hydrogens (tertiary/aromatic N) is 10. The fraction of sp³-hybridized carbons (Fsp3) is 0.333. The van der Waals surface area contributed by atoms with Crippen LogP contribution in [0.4, 0.5) is 32.0 Å². The van der Waals surface area contributed by atoms with Crippen LogP contribution in [0.3, 0.4) is 0 Å². The maximum Gasteiger partial charge on any atom is 0.433 e. The number of hydrogen-bond donors (Lipinski definition) is 2. The Balaban J connectivity index is 0.000000110. The van der Waals surface area contributed by atoms with Crippen molar-refractivity contribution >= 4 is 47.1 Å². The Kier molecular flexibility index (Phi) is 29.2. The van der Waals surface area contributed by atoms with Crippen molar-refractivity contribution in [3.05, 3.63) is 397 Å². The number of piperidine rings is 6. The maximum atomic E-state index is 13.8. The summed E-state index contributed by atoms with van der Waals surface area (Å²) in [4.78, 5) is 101. The van der Waals surface area contributed by atoms with E-state index in [1.54, 1.807) is 64.4 Å². The summed E-state index contributed by atoms with van der Waals surface area (Å²) < 4.78 is 119.